The molecule has 2 unspecified atom stereocenters. The molecule has 1 saturated heterocycles. The summed E-state index contributed by atoms with van der Waals surface area (Å²) in [6.45, 7) is 0.356. The maximum Gasteiger partial charge on any atom is 0.255 e. The van der Waals surface area contributed by atoms with Gasteiger partial charge in [-0.3, -0.25) is 19.7 Å². The number of nitrogens with two attached hydrogens (primary N) is 1. The lowest BCUT2D eigenvalue weighted by Gasteiger charge is -2.29. The Hall–Kier alpha value is -2.41. The molecule has 7 nitrogen and oxygen atoms in total. The van der Waals surface area contributed by atoms with Crippen molar-refractivity contribution in [1.82, 2.24) is 10.2 Å². The van der Waals surface area contributed by atoms with Crippen molar-refractivity contribution in [1.29, 1.82) is 0 Å². The molecule has 4 rings (SSSR count). The van der Waals surface area contributed by atoms with E-state index in [1.807, 2.05) is 6.07 Å². The summed E-state index contributed by atoms with van der Waals surface area (Å²) >= 11 is 0. The van der Waals surface area contributed by atoms with Gasteiger partial charge in [0.25, 0.3) is 5.91 Å². The van der Waals surface area contributed by atoms with E-state index in [0.29, 0.717) is 24.3 Å². The Morgan fingerprint density at radius 3 is 2.69 bits per heavy atom. The number of carbonyl (C=O) groups excluding carboxylic acids is 3. The molecule has 3 N–H and O–H groups in total. The average Bonchev–Trinajstić information content (AvgIpc) is 2.93. The molecule has 7 heteroatoms. The van der Waals surface area contributed by atoms with Crippen molar-refractivity contribution in [3.8, 4) is 5.75 Å². The molecule has 3 atom stereocenters. The lowest BCUT2D eigenvalue weighted by Crippen LogP contribution is -2.52. The predicted octanol–water partition coefficient (Wildman–Crippen LogP) is 1.10. The first-order chi connectivity index (χ1) is 12.5. The zero-order valence-electron chi connectivity index (χ0n) is 14.6. The Balaban J connectivity index is 1.49. The van der Waals surface area contributed by atoms with E-state index in [2.05, 4.69) is 5.32 Å². The van der Waals surface area contributed by atoms with E-state index >= 15 is 0 Å². The van der Waals surface area contributed by atoms with E-state index < -0.39 is 11.9 Å². The van der Waals surface area contributed by atoms with Gasteiger partial charge >= 0.3 is 0 Å². The molecule has 1 aromatic rings. The van der Waals surface area contributed by atoms with Crippen molar-refractivity contribution in [2.45, 2.75) is 63.3 Å². The van der Waals surface area contributed by atoms with Crippen molar-refractivity contribution >= 4 is 17.7 Å². The highest BCUT2D eigenvalue weighted by Crippen LogP contribution is 2.31. The number of hydrogen-bond acceptors (Lipinski definition) is 5. The summed E-state index contributed by atoms with van der Waals surface area (Å²) in [7, 11) is 0. The third kappa shape index (κ3) is 3.07. The summed E-state index contributed by atoms with van der Waals surface area (Å²) in [5.41, 5.74) is 7.59. The van der Waals surface area contributed by atoms with Crippen LogP contribution in [0.15, 0.2) is 18.2 Å². The molecule has 3 amide bonds. The highest BCUT2D eigenvalue weighted by Gasteiger charge is 2.39. The van der Waals surface area contributed by atoms with Gasteiger partial charge in [-0.1, -0.05) is 6.42 Å². The van der Waals surface area contributed by atoms with Crippen LogP contribution in [0.4, 0.5) is 0 Å². The summed E-state index contributed by atoms with van der Waals surface area (Å²) < 4.78 is 6.07. The Morgan fingerprint density at radius 1 is 1.12 bits per heavy atom. The second kappa shape index (κ2) is 6.72. The van der Waals surface area contributed by atoms with Gasteiger partial charge in [0.1, 0.15) is 17.9 Å². The molecule has 2 aliphatic heterocycles. The molecular formula is C19H23N3O4. The zero-order chi connectivity index (χ0) is 18.3. The van der Waals surface area contributed by atoms with Crippen LogP contribution in [0.1, 0.15) is 54.4 Å². The minimum atomic E-state index is -0.594. The fourth-order valence-corrected chi connectivity index (χ4v) is 4.07. The fourth-order valence-electron chi connectivity index (χ4n) is 4.07. The van der Waals surface area contributed by atoms with Gasteiger partial charge in [0.2, 0.25) is 11.8 Å². The van der Waals surface area contributed by atoms with Crippen LogP contribution in [0.2, 0.25) is 0 Å². The second-order valence-electron chi connectivity index (χ2n) is 7.32. The Kier molecular flexibility index (Phi) is 4.40. The van der Waals surface area contributed by atoms with Crippen LogP contribution in [-0.2, 0) is 16.1 Å². The summed E-state index contributed by atoms with van der Waals surface area (Å²) in [4.78, 5) is 37.6. The number of hydrogen-bond donors (Lipinski definition) is 2. The molecular weight excluding hydrogens is 334 g/mol. The summed E-state index contributed by atoms with van der Waals surface area (Å²) in [5.74, 6) is -0.138. The molecule has 1 saturated carbocycles. The number of benzene rings is 1. The van der Waals surface area contributed by atoms with E-state index in [1.54, 1.807) is 17.0 Å². The molecule has 3 aliphatic rings. The second-order valence-corrected chi connectivity index (χ2v) is 7.32. The van der Waals surface area contributed by atoms with Gasteiger partial charge in [-0.15, -0.1) is 0 Å². The monoisotopic (exact) mass is 357 g/mol. The number of rotatable bonds is 3. The molecule has 1 aliphatic carbocycles. The van der Waals surface area contributed by atoms with Crippen molar-refractivity contribution in [2.75, 3.05) is 0 Å². The SMILES string of the molecule is N[C@H]1CCCCC1Oc1ccc2c(c1)CN(C1CCC(=O)NC1=O)C2=O. The maximum atomic E-state index is 12.7. The Morgan fingerprint density at radius 2 is 1.92 bits per heavy atom. The van der Waals surface area contributed by atoms with Crippen LogP contribution >= 0.6 is 0 Å². The highest BCUT2D eigenvalue weighted by atomic mass is 16.5. The molecule has 2 heterocycles. The van der Waals surface area contributed by atoms with Gasteiger partial charge in [0.15, 0.2) is 0 Å². The number of imide groups is 1. The number of amides is 3. The number of ether oxygens (including phenoxy) is 1. The van der Waals surface area contributed by atoms with Gasteiger partial charge in [-0.2, -0.15) is 0 Å². The number of nitrogens with zero attached hydrogens (tertiary/aromatic N) is 1. The van der Waals surface area contributed by atoms with Crippen molar-refractivity contribution in [3.63, 3.8) is 0 Å². The van der Waals surface area contributed by atoms with Gasteiger partial charge in [0.05, 0.1) is 0 Å². The summed E-state index contributed by atoms with van der Waals surface area (Å²) in [6.07, 6.45) is 4.79. The zero-order valence-corrected chi connectivity index (χ0v) is 14.6. The van der Waals surface area contributed by atoms with Crippen LogP contribution in [0.25, 0.3) is 0 Å². The van der Waals surface area contributed by atoms with E-state index in [1.165, 1.54) is 0 Å². The van der Waals surface area contributed by atoms with Gasteiger partial charge in [-0.05, 0) is 49.4 Å². The van der Waals surface area contributed by atoms with E-state index in [0.717, 1.165) is 31.2 Å². The number of piperidine rings is 1. The smallest absolute Gasteiger partial charge is 0.255 e. The minimum Gasteiger partial charge on any atom is -0.489 e. The van der Waals surface area contributed by atoms with Crippen LogP contribution in [0.3, 0.4) is 0 Å². The van der Waals surface area contributed by atoms with Crippen LogP contribution in [-0.4, -0.2) is 40.8 Å². The first kappa shape index (κ1) is 17.0. The average molecular weight is 357 g/mol. The third-order valence-corrected chi connectivity index (χ3v) is 5.54. The Bertz CT molecular complexity index is 763. The van der Waals surface area contributed by atoms with Crippen molar-refractivity contribution in [3.05, 3.63) is 29.3 Å². The van der Waals surface area contributed by atoms with Crippen LogP contribution in [0.5, 0.6) is 5.75 Å². The Labute approximate surface area is 151 Å². The summed E-state index contributed by atoms with van der Waals surface area (Å²) in [5, 5.41) is 2.31. The van der Waals surface area contributed by atoms with Gasteiger partial charge in [0, 0.05) is 24.6 Å². The van der Waals surface area contributed by atoms with E-state index in [4.69, 9.17) is 10.5 Å². The lowest BCUT2D eigenvalue weighted by atomic mass is 9.93. The number of carbonyl (C=O) groups is 3. The largest absolute Gasteiger partial charge is 0.489 e. The standard InChI is InChI=1S/C19H23N3O4/c20-14-3-1-2-4-16(14)26-12-5-6-13-11(9-12)10-22(19(13)25)15-7-8-17(23)21-18(15)24/h5-6,9,14-16H,1-4,7-8,10,20H2,(H,21,23,24)/t14-,15?,16?/m0/s1. The molecule has 0 spiro atoms. The van der Waals surface area contributed by atoms with Crippen LogP contribution < -0.4 is 15.8 Å². The highest BCUT2D eigenvalue weighted by molar-refractivity contribution is 6.05. The van der Waals surface area contributed by atoms with Gasteiger partial charge in [-0.25, -0.2) is 0 Å². The van der Waals surface area contributed by atoms with E-state index in [-0.39, 0.29) is 30.4 Å². The molecule has 0 radical (unpaired) electrons. The predicted molar refractivity (Wildman–Crippen MR) is 93.3 cm³/mol. The topological polar surface area (TPSA) is 102 Å². The summed E-state index contributed by atoms with van der Waals surface area (Å²) in [6, 6.07) is 4.88. The first-order valence-corrected chi connectivity index (χ1v) is 9.23. The van der Waals surface area contributed by atoms with Crippen molar-refractivity contribution in [2.24, 2.45) is 5.73 Å². The van der Waals surface area contributed by atoms with Crippen LogP contribution in [0, 0.1) is 0 Å². The molecule has 138 valence electrons. The van der Waals surface area contributed by atoms with Crippen molar-refractivity contribution < 1.29 is 19.1 Å². The molecule has 26 heavy (non-hydrogen) atoms. The lowest BCUT2D eigenvalue weighted by molar-refractivity contribution is -0.136. The number of nitrogens with one attached hydrogen (secondary N) is 1. The molecule has 1 aromatic carbocycles. The normalized spacial score (nSPS) is 28.7. The number of fused-ring (bicyclic) bond motifs is 1. The molecule has 0 aromatic heterocycles. The third-order valence-electron chi connectivity index (χ3n) is 5.54. The molecule has 0 bridgehead atoms. The first-order valence-electron chi connectivity index (χ1n) is 9.23. The molecule has 2 fully saturated rings. The minimum absolute atomic E-state index is 0.00476. The maximum absolute atomic E-state index is 12.7. The quantitative estimate of drug-likeness (QED) is 0.789. The fraction of sp³-hybridized carbons (Fsp3) is 0.526. The van der Waals surface area contributed by atoms with E-state index in [9.17, 15) is 14.4 Å². The van der Waals surface area contributed by atoms with Gasteiger partial charge < -0.3 is 15.4 Å².